The molecule has 1 aromatic carbocycles. The predicted octanol–water partition coefficient (Wildman–Crippen LogP) is 1.12. The fourth-order valence-corrected chi connectivity index (χ4v) is 2.12. The van der Waals surface area contributed by atoms with Crippen LogP contribution in [-0.2, 0) is 9.59 Å². The molecule has 7 heteroatoms. The molecule has 1 aliphatic rings. The van der Waals surface area contributed by atoms with Crippen LogP contribution in [0.25, 0.3) is 0 Å². The summed E-state index contributed by atoms with van der Waals surface area (Å²) in [6, 6.07) is 2.94. The highest BCUT2D eigenvalue weighted by atomic mass is 19.1. The Bertz CT molecular complexity index is 531. The lowest BCUT2D eigenvalue weighted by Crippen LogP contribution is -2.40. The van der Waals surface area contributed by atoms with Gasteiger partial charge in [-0.3, -0.25) is 9.59 Å². The van der Waals surface area contributed by atoms with Crippen LogP contribution in [0.2, 0.25) is 0 Å². The number of halogens is 2. The second-order valence-electron chi connectivity index (χ2n) is 4.84. The maximum absolute atomic E-state index is 13.3. The summed E-state index contributed by atoms with van der Waals surface area (Å²) < 4.78 is 26.3. The number of rotatable bonds is 5. The Hall–Kier alpha value is -2.18. The molecule has 2 N–H and O–H groups in total. The van der Waals surface area contributed by atoms with Crippen molar-refractivity contribution >= 4 is 17.5 Å². The van der Waals surface area contributed by atoms with Gasteiger partial charge in [0.1, 0.15) is 11.6 Å². The van der Waals surface area contributed by atoms with Gasteiger partial charge < -0.3 is 15.5 Å². The molecule has 1 saturated heterocycles. The van der Waals surface area contributed by atoms with E-state index in [0.717, 1.165) is 44.1 Å². The quantitative estimate of drug-likeness (QED) is 0.856. The Morgan fingerprint density at radius 3 is 2.57 bits per heavy atom. The first-order valence-electron chi connectivity index (χ1n) is 6.79. The Morgan fingerprint density at radius 2 is 1.86 bits per heavy atom. The lowest BCUT2D eigenvalue weighted by atomic mass is 10.3. The Kier molecular flexibility index (Phi) is 5.08. The number of nitrogens with one attached hydrogen (secondary N) is 2. The summed E-state index contributed by atoms with van der Waals surface area (Å²) in [4.78, 5) is 25.0. The molecule has 114 valence electrons. The first-order chi connectivity index (χ1) is 10.1. The first-order valence-corrected chi connectivity index (χ1v) is 6.79. The number of amides is 2. The summed E-state index contributed by atoms with van der Waals surface area (Å²) in [5.41, 5.74) is -0.0870. The maximum atomic E-state index is 13.3. The smallest absolute Gasteiger partial charge is 0.241 e. The standard InChI is InChI=1S/C14H17F2N3O2/c15-10-3-4-11(16)12(7-10)17-8-13(20)18-9-14(21)19-5-1-2-6-19/h3-4,7,17H,1-2,5-6,8-9H2,(H,18,20). The van der Waals surface area contributed by atoms with E-state index in [1.54, 1.807) is 4.90 Å². The number of anilines is 1. The average molecular weight is 297 g/mol. The van der Waals surface area contributed by atoms with Gasteiger partial charge in [-0.05, 0) is 31.0 Å². The van der Waals surface area contributed by atoms with Gasteiger partial charge in [0.25, 0.3) is 0 Å². The zero-order valence-corrected chi connectivity index (χ0v) is 11.5. The SMILES string of the molecule is O=C(CNc1cc(F)ccc1F)NCC(=O)N1CCCC1. The second kappa shape index (κ2) is 7.01. The summed E-state index contributed by atoms with van der Waals surface area (Å²) >= 11 is 0. The minimum Gasteiger partial charge on any atom is -0.374 e. The molecule has 0 spiro atoms. The number of benzene rings is 1. The minimum absolute atomic E-state index is 0.0772. The van der Waals surface area contributed by atoms with Gasteiger partial charge in [-0.15, -0.1) is 0 Å². The van der Waals surface area contributed by atoms with Crippen LogP contribution < -0.4 is 10.6 Å². The predicted molar refractivity (Wildman–Crippen MR) is 73.7 cm³/mol. The van der Waals surface area contributed by atoms with Crippen molar-refractivity contribution in [2.45, 2.75) is 12.8 Å². The van der Waals surface area contributed by atoms with Crippen LogP contribution >= 0.6 is 0 Å². The molecule has 0 aliphatic carbocycles. The summed E-state index contributed by atoms with van der Waals surface area (Å²) in [7, 11) is 0. The molecule has 1 heterocycles. The second-order valence-corrected chi connectivity index (χ2v) is 4.84. The normalized spacial score (nSPS) is 14.1. The zero-order chi connectivity index (χ0) is 15.2. The van der Waals surface area contributed by atoms with Crippen LogP contribution in [0.15, 0.2) is 18.2 Å². The largest absolute Gasteiger partial charge is 0.374 e. The Labute approximate surface area is 121 Å². The van der Waals surface area contributed by atoms with Crippen LogP contribution in [0.1, 0.15) is 12.8 Å². The van der Waals surface area contributed by atoms with Gasteiger partial charge in [0, 0.05) is 13.1 Å². The lowest BCUT2D eigenvalue weighted by Gasteiger charge is -2.15. The molecular formula is C14H17F2N3O2. The molecule has 0 radical (unpaired) electrons. The van der Waals surface area contributed by atoms with Gasteiger partial charge in [-0.2, -0.15) is 0 Å². The highest BCUT2D eigenvalue weighted by Crippen LogP contribution is 2.14. The van der Waals surface area contributed by atoms with E-state index in [-0.39, 0.29) is 24.7 Å². The minimum atomic E-state index is -0.641. The average Bonchev–Trinajstić information content (AvgIpc) is 3.00. The van der Waals surface area contributed by atoms with E-state index in [9.17, 15) is 18.4 Å². The van der Waals surface area contributed by atoms with Crippen molar-refractivity contribution in [3.05, 3.63) is 29.8 Å². The molecule has 0 unspecified atom stereocenters. The Morgan fingerprint density at radius 1 is 1.14 bits per heavy atom. The van der Waals surface area contributed by atoms with Crippen LogP contribution in [0, 0.1) is 11.6 Å². The monoisotopic (exact) mass is 297 g/mol. The molecule has 2 amide bonds. The van der Waals surface area contributed by atoms with Crippen molar-refractivity contribution in [3.63, 3.8) is 0 Å². The van der Waals surface area contributed by atoms with Gasteiger partial charge in [0.05, 0.1) is 18.8 Å². The van der Waals surface area contributed by atoms with E-state index >= 15 is 0 Å². The van der Waals surface area contributed by atoms with Crippen molar-refractivity contribution in [1.29, 1.82) is 0 Å². The third-order valence-electron chi connectivity index (χ3n) is 3.26. The topological polar surface area (TPSA) is 61.4 Å². The molecule has 0 bridgehead atoms. The first kappa shape index (κ1) is 15.2. The van der Waals surface area contributed by atoms with Crippen molar-refractivity contribution < 1.29 is 18.4 Å². The molecule has 1 fully saturated rings. The third kappa shape index (κ3) is 4.40. The highest BCUT2D eigenvalue weighted by molar-refractivity contribution is 5.86. The molecular weight excluding hydrogens is 280 g/mol. The molecule has 1 aromatic rings. The highest BCUT2D eigenvalue weighted by Gasteiger charge is 2.18. The fourth-order valence-electron chi connectivity index (χ4n) is 2.12. The molecule has 5 nitrogen and oxygen atoms in total. The number of nitrogens with zero attached hydrogens (tertiary/aromatic N) is 1. The van der Waals surface area contributed by atoms with Gasteiger partial charge in [-0.25, -0.2) is 8.78 Å². The molecule has 0 saturated carbocycles. The van der Waals surface area contributed by atoms with Gasteiger partial charge in [0.2, 0.25) is 11.8 Å². The number of hydrogen-bond donors (Lipinski definition) is 2. The summed E-state index contributed by atoms with van der Waals surface area (Å²) in [5, 5.41) is 4.95. The summed E-state index contributed by atoms with van der Waals surface area (Å²) in [5.74, 6) is -1.81. The van der Waals surface area contributed by atoms with Crippen molar-refractivity contribution in [1.82, 2.24) is 10.2 Å². The Balaban J connectivity index is 1.74. The van der Waals surface area contributed by atoms with Crippen LogP contribution in [-0.4, -0.2) is 42.9 Å². The maximum Gasteiger partial charge on any atom is 0.241 e. The van der Waals surface area contributed by atoms with E-state index in [2.05, 4.69) is 10.6 Å². The van der Waals surface area contributed by atoms with Gasteiger partial charge in [0.15, 0.2) is 0 Å². The fraction of sp³-hybridized carbons (Fsp3) is 0.429. The van der Waals surface area contributed by atoms with E-state index in [0.29, 0.717) is 0 Å². The van der Waals surface area contributed by atoms with Crippen LogP contribution in [0.5, 0.6) is 0 Å². The van der Waals surface area contributed by atoms with E-state index in [4.69, 9.17) is 0 Å². The van der Waals surface area contributed by atoms with E-state index in [1.165, 1.54) is 0 Å². The van der Waals surface area contributed by atoms with Crippen LogP contribution in [0.3, 0.4) is 0 Å². The van der Waals surface area contributed by atoms with E-state index < -0.39 is 17.5 Å². The van der Waals surface area contributed by atoms with Gasteiger partial charge in [-0.1, -0.05) is 0 Å². The molecule has 2 rings (SSSR count). The summed E-state index contributed by atoms with van der Waals surface area (Å²) in [6.45, 7) is 1.14. The van der Waals surface area contributed by atoms with Crippen molar-refractivity contribution in [2.75, 3.05) is 31.5 Å². The number of likely N-dealkylation sites (tertiary alicyclic amines) is 1. The number of hydrogen-bond acceptors (Lipinski definition) is 3. The lowest BCUT2D eigenvalue weighted by molar-refractivity contribution is -0.131. The number of carbonyl (C=O) groups is 2. The molecule has 21 heavy (non-hydrogen) atoms. The van der Waals surface area contributed by atoms with Crippen molar-refractivity contribution in [3.8, 4) is 0 Å². The van der Waals surface area contributed by atoms with Crippen molar-refractivity contribution in [2.24, 2.45) is 0 Å². The zero-order valence-electron chi connectivity index (χ0n) is 11.5. The molecule has 0 aromatic heterocycles. The third-order valence-corrected chi connectivity index (χ3v) is 3.26. The number of carbonyl (C=O) groups excluding carboxylic acids is 2. The molecule has 0 atom stereocenters. The van der Waals surface area contributed by atoms with Crippen LogP contribution in [0.4, 0.5) is 14.5 Å². The van der Waals surface area contributed by atoms with E-state index in [1.807, 2.05) is 0 Å². The summed E-state index contributed by atoms with van der Waals surface area (Å²) in [6.07, 6.45) is 1.97. The van der Waals surface area contributed by atoms with Gasteiger partial charge >= 0.3 is 0 Å². The molecule has 1 aliphatic heterocycles.